The summed E-state index contributed by atoms with van der Waals surface area (Å²) in [6, 6.07) is 6.37. The first-order chi connectivity index (χ1) is 9.25. The summed E-state index contributed by atoms with van der Waals surface area (Å²) in [5.41, 5.74) is 0.382. The van der Waals surface area contributed by atoms with Gasteiger partial charge in [0.05, 0.1) is 4.47 Å². The summed E-state index contributed by atoms with van der Waals surface area (Å²) in [4.78, 5) is 8.62. The summed E-state index contributed by atoms with van der Waals surface area (Å²) < 4.78 is 13.9. The van der Waals surface area contributed by atoms with Gasteiger partial charge in [-0.3, -0.25) is 0 Å². The molecular formula is C14H14BrClFN3. The van der Waals surface area contributed by atoms with E-state index in [2.05, 4.69) is 31.2 Å². The van der Waals surface area contributed by atoms with Crippen molar-refractivity contribution in [2.75, 3.05) is 5.32 Å². The van der Waals surface area contributed by atoms with Crippen LogP contribution in [0.1, 0.15) is 26.6 Å². The van der Waals surface area contributed by atoms with Gasteiger partial charge in [0, 0.05) is 17.2 Å². The van der Waals surface area contributed by atoms with Crippen LogP contribution in [-0.2, 0) is 5.41 Å². The molecule has 0 bridgehead atoms. The van der Waals surface area contributed by atoms with Crippen LogP contribution in [0.4, 0.5) is 15.9 Å². The number of benzene rings is 1. The molecule has 0 saturated heterocycles. The van der Waals surface area contributed by atoms with E-state index < -0.39 is 0 Å². The van der Waals surface area contributed by atoms with Crippen LogP contribution < -0.4 is 5.32 Å². The van der Waals surface area contributed by atoms with Crippen LogP contribution in [0.25, 0.3) is 0 Å². The Kier molecular flexibility index (Phi) is 4.30. The van der Waals surface area contributed by atoms with Gasteiger partial charge in [-0.1, -0.05) is 32.4 Å². The first-order valence-corrected chi connectivity index (χ1v) is 7.20. The largest absolute Gasteiger partial charge is 0.340 e. The zero-order valence-corrected chi connectivity index (χ0v) is 13.7. The highest BCUT2D eigenvalue weighted by molar-refractivity contribution is 9.10. The zero-order valence-electron chi connectivity index (χ0n) is 11.3. The third-order valence-electron chi connectivity index (χ3n) is 2.56. The molecule has 3 nitrogen and oxygen atoms in total. The lowest BCUT2D eigenvalue weighted by Crippen LogP contribution is -2.16. The maximum absolute atomic E-state index is 13.5. The first kappa shape index (κ1) is 15.2. The van der Waals surface area contributed by atoms with Gasteiger partial charge in [0.15, 0.2) is 0 Å². The summed E-state index contributed by atoms with van der Waals surface area (Å²) in [5, 5.41) is 3.38. The highest BCUT2D eigenvalue weighted by atomic mass is 79.9. The molecule has 1 aromatic carbocycles. The SMILES string of the molecule is CC(C)(C)c1nc(Cl)cc(Nc2ccc(Br)c(F)c2)n1. The zero-order chi connectivity index (χ0) is 14.9. The van der Waals surface area contributed by atoms with Crippen molar-refractivity contribution < 1.29 is 4.39 Å². The fraction of sp³-hybridized carbons (Fsp3) is 0.286. The number of anilines is 2. The number of hydrogen-bond acceptors (Lipinski definition) is 3. The molecule has 0 fully saturated rings. The molecule has 20 heavy (non-hydrogen) atoms. The Hall–Kier alpha value is -1.20. The van der Waals surface area contributed by atoms with Crippen LogP contribution in [0.3, 0.4) is 0 Å². The summed E-state index contributed by atoms with van der Waals surface area (Å²) in [6.45, 7) is 6.01. The van der Waals surface area contributed by atoms with Gasteiger partial charge in [0.2, 0.25) is 0 Å². The van der Waals surface area contributed by atoms with Crippen LogP contribution in [0.2, 0.25) is 5.15 Å². The van der Waals surface area contributed by atoms with Crippen molar-refractivity contribution in [2.24, 2.45) is 0 Å². The quantitative estimate of drug-likeness (QED) is 0.761. The number of aromatic nitrogens is 2. The van der Waals surface area contributed by atoms with Gasteiger partial charge in [-0.2, -0.15) is 0 Å². The normalized spacial score (nSPS) is 11.5. The van der Waals surface area contributed by atoms with Gasteiger partial charge in [0.1, 0.15) is 22.6 Å². The maximum atomic E-state index is 13.5. The summed E-state index contributed by atoms with van der Waals surface area (Å²) in [5.74, 6) is 0.827. The highest BCUT2D eigenvalue weighted by Gasteiger charge is 2.19. The molecule has 1 N–H and O–H groups in total. The Morgan fingerprint density at radius 1 is 1.20 bits per heavy atom. The van der Waals surface area contributed by atoms with Gasteiger partial charge in [-0.15, -0.1) is 0 Å². The van der Waals surface area contributed by atoms with Crippen molar-refractivity contribution >= 4 is 39.0 Å². The number of halogens is 3. The fourth-order valence-corrected chi connectivity index (χ4v) is 1.97. The van der Waals surface area contributed by atoms with E-state index in [-0.39, 0.29) is 11.2 Å². The molecule has 0 amide bonds. The Balaban J connectivity index is 2.33. The van der Waals surface area contributed by atoms with Crippen LogP contribution in [0.5, 0.6) is 0 Å². The van der Waals surface area contributed by atoms with Crippen molar-refractivity contribution in [3.05, 3.63) is 45.5 Å². The Bertz CT molecular complexity index is 641. The number of hydrogen-bond donors (Lipinski definition) is 1. The van der Waals surface area contributed by atoms with Gasteiger partial charge in [-0.05, 0) is 34.1 Å². The van der Waals surface area contributed by atoms with E-state index in [1.807, 2.05) is 20.8 Å². The molecule has 1 aromatic heterocycles. The predicted molar refractivity (Wildman–Crippen MR) is 83.1 cm³/mol. The molecule has 0 unspecified atom stereocenters. The monoisotopic (exact) mass is 357 g/mol. The van der Waals surface area contributed by atoms with Gasteiger partial charge in [0.25, 0.3) is 0 Å². The van der Waals surface area contributed by atoms with Crippen molar-refractivity contribution in [2.45, 2.75) is 26.2 Å². The molecule has 106 valence electrons. The van der Waals surface area contributed by atoms with Crippen LogP contribution in [0, 0.1) is 5.82 Å². The average molecular weight is 359 g/mol. The lowest BCUT2D eigenvalue weighted by Gasteiger charge is -2.18. The van der Waals surface area contributed by atoms with Gasteiger partial charge < -0.3 is 5.32 Å². The number of rotatable bonds is 2. The van der Waals surface area contributed by atoms with E-state index in [4.69, 9.17) is 11.6 Å². The molecule has 0 aliphatic rings. The third kappa shape index (κ3) is 3.67. The number of nitrogens with zero attached hydrogens (tertiary/aromatic N) is 2. The second kappa shape index (κ2) is 5.66. The third-order valence-corrected chi connectivity index (χ3v) is 3.39. The molecule has 0 aliphatic heterocycles. The van der Waals surface area contributed by atoms with E-state index in [1.54, 1.807) is 18.2 Å². The molecule has 0 atom stereocenters. The highest BCUT2D eigenvalue weighted by Crippen LogP contribution is 2.25. The topological polar surface area (TPSA) is 37.8 Å². The molecule has 1 heterocycles. The molecule has 0 radical (unpaired) electrons. The van der Waals surface area contributed by atoms with E-state index in [9.17, 15) is 4.39 Å². The van der Waals surface area contributed by atoms with Crippen LogP contribution in [-0.4, -0.2) is 9.97 Å². The Morgan fingerprint density at radius 3 is 2.50 bits per heavy atom. The van der Waals surface area contributed by atoms with Gasteiger partial charge in [-0.25, -0.2) is 14.4 Å². The summed E-state index contributed by atoms with van der Waals surface area (Å²) in [7, 11) is 0. The summed E-state index contributed by atoms with van der Waals surface area (Å²) >= 11 is 9.12. The predicted octanol–water partition coefficient (Wildman–Crippen LogP) is 5.07. The van der Waals surface area contributed by atoms with Crippen molar-refractivity contribution in [3.8, 4) is 0 Å². The molecule has 2 aromatic rings. The minimum Gasteiger partial charge on any atom is -0.340 e. The van der Waals surface area contributed by atoms with Gasteiger partial charge >= 0.3 is 0 Å². The van der Waals surface area contributed by atoms with Crippen molar-refractivity contribution in [1.82, 2.24) is 9.97 Å². The lowest BCUT2D eigenvalue weighted by molar-refractivity contribution is 0.546. The maximum Gasteiger partial charge on any atom is 0.139 e. The standard InChI is InChI=1S/C14H14BrClFN3/c1-14(2,3)13-19-11(16)7-12(20-13)18-8-4-5-9(15)10(17)6-8/h4-7H,1-3H3,(H,18,19,20). The average Bonchev–Trinajstić information content (AvgIpc) is 2.32. The summed E-state index contributed by atoms with van der Waals surface area (Å²) in [6.07, 6.45) is 0. The van der Waals surface area contributed by atoms with E-state index >= 15 is 0 Å². The van der Waals surface area contributed by atoms with Crippen molar-refractivity contribution in [3.63, 3.8) is 0 Å². The molecule has 0 spiro atoms. The Labute approximate surface area is 130 Å². The lowest BCUT2D eigenvalue weighted by atomic mass is 9.96. The first-order valence-electron chi connectivity index (χ1n) is 6.03. The minimum absolute atomic E-state index is 0.216. The smallest absolute Gasteiger partial charge is 0.139 e. The second-order valence-electron chi connectivity index (χ2n) is 5.40. The van der Waals surface area contributed by atoms with E-state index in [0.717, 1.165) is 0 Å². The Morgan fingerprint density at radius 2 is 1.90 bits per heavy atom. The second-order valence-corrected chi connectivity index (χ2v) is 6.64. The minimum atomic E-state index is -0.341. The van der Waals surface area contributed by atoms with E-state index in [0.29, 0.717) is 27.0 Å². The molecular weight excluding hydrogens is 345 g/mol. The van der Waals surface area contributed by atoms with E-state index in [1.165, 1.54) is 6.07 Å². The van der Waals surface area contributed by atoms with Crippen LogP contribution >= 0.6 is 27.5 Å². The number of nitrogens with one attached hydrogen (secondary N) is 1. The molecule has 0 aliphatic carbocycles. The van der Waals surface area contributed by atoms with Crippen molar-refractivity contribution in [1.29, 1.82) is 0 Å². The fourth-order valence-electron chi connectivity index (χ4n) is 1.54. The molecule has 2 rings (SSSR count). The molecule has 0 saturated carbocycles. The molecule has 6 heteroatoms. The van der Waals surface area contributed by atoms with Crippen LogP contribution in [0.15, 0.2) is 28.7 Å².